The Morgan fingerprint density at radius 3 is 2.07 bits per heavy atom. The molecule has 0 aliphatic heterocycles. The first-order valence-electron chi connectivity index (χ1n) is 5.22. The lowest BCUT2D eigenvalue weighted by atomic mass is 9.76. The summed E-state index contributed by atoms with van der Waals surface area (Å²) < 4.78 is 0. The zero-order valence-corrected chi connectivity index (χ0v) is 9.89. The van der Waals surface area contributed by atoms with E-state index in [1.165, 1.54) is 11.1 Å². The molecule has 0 saturated heterocycles. The molecule has 0 nitrogen and oxygen atoms in total. The normalized spacial score (nSPS) is 12.1. The van der Waals surface area contributed by atoms with E-state index in [4.69, 9.17) is 7.85 Å². The van der Waals surface area contributed by atoms with Crippen LogP contribution in [0.1, 0.15) is 51.7 Å². The summed E-state index contributed by atoms with van der Waals surface area (Å²) >= 11 is 0. The first-order valence-corrected chi connectivity index (χ1v) is 5.22. The molecule has 74 valence electrons. The van der Waals surface area contributed by atoms with Crippen LogP contribution >= 0.6 is 0 Å². The fraction of sp³-hybridized carbons (Fsp3) is 0.538. The van der Waals surface area contributed by atoms with Crippen molar-refractivity contribution < 1.29 is 0 Å². The number of rotatable bonds is 1. The van der Waals surface area contributed by atoms with Gasteiger partial charge in [0.1, 0.15) is 7.85 Å². The van der Waals surface area contributed by atoms with Crippen molar-refractivity contribution in [3.63, 3.8) is 0 Å². The van der Waals surface area contributed by atoms with Gasteiger partial charge in [0, 0.05) is 0 Å². The molecule has 0 saturated carbocycles. The van der Waals surface area contributed by atoms with E-state index >= 15 is 0 Å². The number of hydrogen-bond acceptors (Lipinski definition) is 0. The Balaban J connectivity index is 3.15. The summed E-state index contributed by atoms with van der Waals surface area (Å²) in [6.45, 7) is 10.9. The molecule has 0 atom stereocenters. The maximum Gasteiger partial charge on any atom is 0.114 e. The second-order valence-electron chi connectivity index (χ2n) is 5.25. The Morgan fingerprint density at radius 1 is 1.14 bits per heavy atom. The van der Waals surface area contributed by atoms with Gasteiger partial charge in [-0.1, -0.05) is 58.3 Å². The van der Waals surface area contributed by atoms with Crippen molar-refractivity contribution in [1.29, 1.82) is 0 Å². The lowest BCUT2D eigenvalue weighted by Gasteiger charge is -2.23. The van der Waals surface area contributed by atoms with E-state index in [0.29, 0.717) is 5.92 Å². The van der Waals surface area contributed by atoms with E-state index in [0.717, 1.165) is 5.46 Å². The van der Waals surface area contributed by atoms with Crippen molar-refractivity contribution in [3.05, 3.63) is 29.3 Å². The molecule has 2 radical (unpaired) electrons. The molecule has 0 fully saturated rings. The molecule has 0 aliphatic rings. The van der Waals surface area contributed by atoms with E-state index < -0.39 is 0 Å². The third-order valence-electron chi connectivity index (χ3n) is 2.55. The smallest absolute Gasteiger partial charge is 0.0927 e. The van der Waals surface area contributed by atoms with Crippen LogP contribution in [0.4, 0.5) is 0 Å². The Morgan fingerprint density at radius 2 is 1.71 bits per heavy atom. The Kier molecular flexibility index (Phi) is 3.09. The van der Waals surface area contributed by atoms with Crippen LogP contribution in [0, 0.1) is 0 Å². The van der Waals surface area contributed by atoms with Crippen LogP contribution in [-0.4, -0.2) is 7.85 Å². The van der Waals surface area contributed by atoms with Crippen LogP contribution in [-0.2, 0) is 5.41 Å². The number of benzene rings is 1. The molecule has 0 amide bonds. The predicted molar refractivity (Wildman–Crippen MR) is 64.6 cm³/mol. The minimum absolute atomic E-state index is 0.138. The van der Waals surface area contributed by atoms with Crippen molar-refractivity contribution in [2.75, 3.05) is 0 Å². The molecule has 0 N–H and O–H groups in total. The topological polar surface area (TPSA) is 0 Å². The van der Waals surface area contributed by atoms with Crippen LogP contribution in [0.15, 0.2) is 18.2 Å². The Hall–Kier alpha value is -0.715. The quantitative estimate of drug-likeness (QED) is 0.591. The van der Waals surface area contributed by atoms with Crippen molar-refractivity contribution in [2.45, 2.75) is 46.0 Å². The van der Waals surface area contributed by atoms with Gasteiger partial charge in [0.05, 0.1) is 0 Å². The summed E-state index contributed by atoms with van der Waals surface area (Å²) in [5, 5.41) is 0. The third-order valence-corrected chi connectivity index (χ3v) is 2.55. The minimum Gasteiger partial charge on any atom is -0.0927 e. The summed E-state index contributed by atoms with van der Waals surface area (Å²) in [6.07, 6.45) is 0. The Bertz CT molecular complexity index is 318. The van der Waals surface area contributed by atoms with Crippen molar-refractivity contribution >= 4 is 13.3 Å². The van der Waals surface area contributed by atoms with Gasteiger partial charge in [-0.3, -0.25) is 0 Å². The fourth-order valence-corrected chi connectivity index (χ4v) is 1.62. The molecule has 1 heteroatoms. The largest absolute Gasteiger partial charge is 0.114 e. The standard InChI is InChI=1S/C13H19B/c1-9(2)10-6-7-11(12(14)8-10)13(3,4)5/h6-9H,1-5H3. The van der Waals surface area contributed by atoms with Crippen molar-refractivity contribution in [3.8, 4) is 0 Å². The predicted octanol–water partition coefficient (Wildman–Crippen LogP) is 2.90. The van der Waals surface area contributed by atoms with E-state index in [2.05, 4.69) is 52.8 Å². The molecule has 0 bridgehead atoms. The summed E-state index contributed by atoms with van der Waals surface area (Å²) in [5.41, 5.74) is 3.61. The van der Waals surface area contributed by atoms with Gasteiger partial charge in [0.2, 0.25) is 0 Å². The first kappa shape index (κ1) is 11.4. The Labute approximate surface area is 89.1 Å². The van der Waals surface area contributed by atoms with Crippen molar-refractivity contribution in [1.82, 2.24) is 0 Å². The summed E-state index contributed by atoms with van der Waals surface area (Å²) in [6, 6.07) is 6.44. The molecule has 0 heterocycles. The summed E-state index contributed by atoms with van der Waals surface area (Å²) in [4.78, 5) is 0. The van der Waals surface area contributed by atoms with Crippen LogP contribution in [0.5, 0.6) is 0 Å². The zero-order valence-electron chi connectivity index (χ0n) is 9.89. The van der Waals surface area contributed by atoms with Crippen LogP contribution in [0.3, 0.4) is 0 Å². The zero-order chi connectivity index (χ0) is 10.9. The second-order valence-corrected chi connectivity index (χ2v) is 5.25. The van der Waals surface area contributed by atoms with Crippen LogP contribution in [0.25, 0.3) is 0 Å². The van der Waals surface area contributed by atoms with Gasteiger partial charge in [0.25, 0.3) is 0 Å². The monoisotopic (exact) mass is 186 g/mol. The van der Waals surface area contributed by atoms with Gasteiger partial charge in [-0.05, 0) is 22.5 Å². The molecule has 1 aromatic rings. The van der Waals surface area contributed by atoms with Gasteiger partial charge in [-0.25, -0.2) is 0 Å². The summed E-state index contributed by atoms with van der Waals surface area (Å²) in [5.74, 6) is 0.548. The van der Waals surface area contributed by atoms with Gasteiger partial charge in [0.15, 0.2) is 0 Å². The molecule has 0 spiro atoms. The van der Waals surface area contributed by atoms with Crippen LogP contribution in [0.2, 0.25) is 0 Å². The highest BCUT2D eigenvalue weighted by Crippen LogP contribution is 2.22. The maximum atomic E-state index is 6.05. The van der Waals surface area contributed by atoms with E-state index in [1.54, 1.807) is 0 Å². The molecule has 0 aliphatic carbocycles. The lowest BCUT2D eigenvalue weighted by Crippen LogP contribution is -2.23. The molecular weight excluding hydrogens is 167 g/mol. The molecule has 14 heavy (non-hydrogen) atoms. The van der Waals surface area contributed by atoms with Gasteiger partial charge in [-0.2, -0.15) is 0 Å². The highest BCUT2D eigenvalue weighted by Gasteiger charge is 2.15. The van der Waals surface area contributed by atoms with Gasteiger partial charge >= 0.3 is 0 Å². The molecule has 0 unspecified atom stereocenters. The average molecular weight is 186 g/mol. The molecular formula is C13H19B. The average Bonchev–Trinajstić information content (AvgIpc) is 2.01. The minimum atomic E-state index is 0.138. The SMILES string of the molecule is [B]c1cc(C(C)C)ccc1C(C)(C)C. The number of hydrogen-bond donors (Lipinski definition) is 0. The fourth-order valence-electron chi connectivity index (χ4n) is 1.62. The van der Waals surface area contributed by atoms with Crippen molar-refractivity contribution in [2.24, 2.45) is 0 Å². The van der Waals surface area contributed by atoms with E-state index in [-0.39, 0.29) is 5.41 Å². The van der Waals surface area contributed by atoms with Crippen LogP contribution < -0.4 is 5.46 Å². The highest BCUT2D eigenvalue weighted by atomic mass is 14.2. The maximum absolute atomic E-state index is 6.05. The van der Waals surface area contributed by atoms with Gasteiger partial charge in [-0.15, -0.1) is 0 Å². The van der Waals surface area contributed by atoms with E-state index in [9.17, 15) is 0 Å². The highest BCUT2D eigenvalue weighted by molar-refractivity contribution is 6.33. The summed E-state index contributed by atoms with van der Waals surface area (Å²) in [7, 11) is 6.05. The van der Waals surface area contributed by atoms with Gasteiger partial charge < -0.3 is 0 Å². The van der Waals surface area contributed by atoms with E-state index in [1.807, 2.05) is 0 Å². The molecule has 1 rings (SSSR count). The molecule has 1 aromatic carbocycles. The first-order chi connectivity index (χ1) is 6.32. The third kappa shape index (κ3) is 2.40. The second kappa shape index (κ2) is 3.80. The molecule has 0 aromatic heterocycles. The lowest BCUT2D eigenvalue weighted by molar-refractivity contribution is 0.593.